The number of nitrogens with two attached hydrogens (primary N) is 1. The first-order valence-electron chi connectivity index (χ1n) is 3.40. The average Bonchev–Trinajstić information content (AvgIpc) is 1.90. The summed E-state index contributed by atoms with van der Waals surface area (Å²) in [4.78, 5) is 0. The molecular weight excluding hydrogens is 187 g/mol. The standard InChI is InChI=1S/C5H11N.CH3NS2.Na/c1-2-4-6-5-3-1;2-1(3)4;/h6H,1-5H2;(H3,2,3,4);/q;;+1/p-1. The smallest absolute Gasteiger partial charge is 0.415 e. The van der Waals surface area contributed by atoms with Crippen molar-refractivity contribution < 1.29 is 29.6 Å². The summed E-state index contributed by atoms with van der Waals surface area (Å²) in [5, 5.41) is 3.28. The van der Waals surface area contributed by atoms with E-state index in [1.54, 1.807) is 0 Å². The van der Waals surface area contributed by atoms with Crippen LogP contribution in [0.3, 0.4) is 0 Å². The van der Waals surface area contributed by atoms with E-state index in [-0.39, 0.29) is 33.9 Å². The number of hydrogen-bond acceptors (Lipinski definition) is 3. The van der Waals surface area contributed by atoms with Gasteiger partial charge in [0.1, 0.15) is 0 Å². The van der Waals surface area contributed by atoms with E-state index in [9.17, 15) is 0 Å². The third kappa shape index (κ3) is 18.2. The Kier molecular flexibility index (Phi) is 14.7. The maximum absolute atomic E-state index is 4.66. The van der Waals surface area contributed by atoms with Crippen molar-refractivity contribution in [2.45, 2.75) is 19.3 Å². The fourth-order valence-electron chi connectivity index (χ4n) is 0.802. The second-order valence-electron chi connectivity index (χ2n) is 2.13. The molecule has 0 aromatic heterocycles. The molecule has 5 heteroatoms. The summed E-state index contributed by atoms with van der Waals surface area (Å²) < 4.78 is 0.0833. The van der Waals surface area contributed by atoms with Gasteiger partial charge in [0.2, 0.25) is 0 Å². The molecule has 0 saturated carbocycles. The topological polar surface area (TPSA) is 38.0 Å². The molecule has 0 aliphatic carbocycles. The van der Waals surface area contributed by atoms with Crippen LogP contribution in [0.25, 0.3) is 0 Å². The van der Waals surface area contributed by atoms with Gasteiger partial charge in [-0.2, -0.15) is 0 Å². The summed E-state index contributed by atoms with van der Waals surface area (Å²) in [5.41, 5.74) is 4.66. The molecule has 60 valence electrons. The van der Waals surface area contributed by atoms with Crippen molar-refractivity contribution in [3.63, 3.8) is 0 Å². The predicted molar refractivity (Wildman–Crippen MR) is 50.9 cm³/mol. The molecule has 0 aromatic carbocycles. The van der Waals surface area contributed by atoms with Crippen LogP contribution in [0.15, 0.2) is 0 Å². The second kappa shape index (κ2) is 11.1. The van der Waals surface area contributed by atoms with Gasteiger partial charge in [0.15, 0.2) is 0 Å². The van der Waals surface area contributed by atoms with Gasteiger partial charge in [0, 0.05) is 0 Å². The van der Waals surface area contributed by atoms with Gasteiger partial charge < -0.3 is 35.9 Å². The van der Waals surface area contributed by atoms with E-state index in [2.05, 4.69) is 35.9 Å². The fourth-order valence-corrected chi connectivity index (χ4v) is 0.802. The molecule has 0 aromatic rings. The fraction of sp³-hybridized carbons (Fsp3) is 0.833. The molecule has 0 bridgehead atoms. The summed E-state index contributed by atoms with van der Waals surface area (Å²) in [6.07, 6.45) is 4.22. The van der Waals surface area contributed by atoms with Crippen molar-refractivity contribution in [2.75, 3.05) is 13.1 Å². The van der Waals surface area contributed by atoms with E-state index in [4.69, 9.17) is 0 Å². The Morgan fingerprint density at radius 3 is 1.73 bits per heavy atom. The number of nitrogens with one attached hydrogen (secondary N) is 1. The van der Waals surface area contributed by atoms with Crippen LogP contribution in [-0.4, -0.2) is 17.4 Å². The van der Waals surface area contributed by atoms with E-state index in [1.165, 1.54) is 32.4 Å². The van der Waals surface area contributed by atoms with Crippen molar-refractivity contribution >= 4 is 29.2 Å². The molecule has 0 unspecified atom stereocenters. The predicted octanol–water partition coefficient (Wildman–Crippen LogP) is -2.46. The third-order valence-corrected chi connectivity index (χ3v) is 1.21. The van der Waals surface area contributed by atoms with Gasteiger partial charge in [0.25, 0.3) is 0 Å². The number of piperidine rings is 1. The van der Waals surface area contributed by atoms with Crippen molar-refractivity contribution in [3.05, 3.63) is 0 Å². The molecule has 2 nitrogen and oxygen atoms in total. The van der Waals surface area contributed by atoms with Crippen LogP contribution in [-0.2, 0) is 12.6 Å². The Bertz CT molecular complexity index is 81.1. The first-order valence-corrected chi connectivity index (χ1v) is 4.22. The molecule has 0 amide bonds. The molecular formula is C6H13N2NaS2. The van der Waals surface area contributed by atoms with Crippen molar-refractivity contribution in [1.82, 2.24) is 5.32 Å². The zero-order valence-corrected chi connectivity index (χ0v) is 10.6. The van der Waals surface area contributed by atoms with E-state index in [1.807, 2.05) is 0 Å². The minimum Gasteiger partial charge on any atom is -0.415 e. The van der Waals surface area contributed by atoms with Gasteiger partial charge in [0.05, 0.1) is 0 Å². The van der Waals surface area contributed by atoms with E-state index in [0.29, 0.717) is 0 Å². The Morgan fingerprint density at radius 1 is 1.27 bits per heavy atom. The number of hydrogen-bond donors (Lipinski definition) is 2. The van der Waals surface area contributed by atoms with Crippen LogP contribution in [0, 0.1) is 0 Å². The summed E-state index contributed by atoms with van der Waals surface area (Å²) in [6.45, 7) is 2.50. The quantitative estimate of drug-likeness (QED) is 0.258. The van der Waals surface area contributed by atoms with Crippen LogP contribution in [0.1, 0.15) is 19.3 Å². The van der Waals surface area contributed by atoms with Crippen LogP contribution in [0.2, 0.25) is 0 Å². The maximum atomic E-state index is 4.66. The van der Waals surface area contributed by atoms with E-state index >= 15 is 0 Å². The van der Waals surface area contributed by atoms with Crippen molar-refractivity contribution in [1.29, 1.82) is 0 Å². The Labute approximate surface area is 101 Å². The zero-order valence-electron chi connectivity index (χ0n) is 6.93. The first-order chi connectivity index (χ1) is 4.73. The van der Waals surface area contributed by atoms with Gasteiger partial charge in [-0.05, 0) is 25.9 Å². The molecule has 1 heterocycles. The van der Waals surface area contributed by atoms with Gasteiger partial charge in [-0.3, -0.25) is 0 Å². The van der Waals surface area contributed by atoms with Crippen LogP contribution < -0.4 is 40.6 Å². The molecule has 1 aliphatic heterocycles. The Balaban J connectivity index is 0. The minimum atomic E-state index is 0. The first kappa shape index (κ1) is 14.6. The van der Waals surface area contributed by atoms with Crippen LogP contribution >= 0.6 is 12.2 Å². The number of thiocarbonyl (C=S) groups is 1. The monoisotopic (exact) mass is 200 g/mol. The molecule has 0 spiro atoms. The minimum absolute atomic E-state index is 0. The van der Waals surface area contributed by atoms with Gasteiger partial charge >= 0.3 is 29.6 Å². The summed E-state index contributed by atoms with van der Waals surface area (Å²) >= 11 is 8.26. The van der Waals surface area contributed by atoms with Gasteiger partial charge in [-0.15, -0.1) is 0 Å². The Morgan fingerprint density at radius 2 is 1.64 bits per heavy atom. The summed E-state index contributed by atoms with van der Waals surface area (Å²) in [5.74, 6) is 0. The average molecular weight is 200 g/mol. The van der Waals surface area contributed by atoms with Crippen LogP contribution in [0.5, 0.6) is 0 Å². The van der Waals surface area contributed by atoms with Gasteiger partial charge in [-0.1, -0.05) is 10.7 Å². The second-order valence-corrected chi connectivity index (χ2v) is 3.27. The molecule has 1 aliphatic rings. The molecule has 1 saturated heterocycles. The summed E-state index contributed by atoms with van der Waals surface area (Å²) in [6, 6.07) is 0. The Hall–Kier alpha value is 1.07. The van der Waals surface area contributed by atoms with Crippen molar-refractivity contribution in [3.8, 4) is 0 Å². The van der Waals surface area contributed by atoms with Crippen molar-refractivity contribution in [2.24, 2.45) is 5.73 Å². The SMILES string of the molecule is C1CCNCC1.NC(=S)[S-].[Na+]. The third-order valence-electron chi connectivity index (χ3n) is 1.21. The number of rotatable bonds is 0. The van der Waals surface area contributed by atoms with E-state index in [0.717, 1.165) is 0 Å². The molecule has 0 atom stereocenters. The normalized spacial score (nSPS) is 15.3. The molecule has 0 radical (unpaired) electrons. The largest absolute Gasteiger partial charge is 1.00 e. The molecule has 1 fully saturated rings. The summed E-state index contributed by atoms with van der Waals surface area (Å²) in [7, 11) is 0. The zero-order chi connectivity index (χ0) is 7.82. The molecule has 1 rings (SSSR count). The van der Waals surface area contributed by atoms with Crippen LogP contribution in [0.4, 0.5) is 0 Å². The molecule has 11 heavy (non-hydrogen) atoms. The van der Waals surface area contributed by atoms with E-state index < -0.39 is 0 Å². The maximum Gasteiger partial charge on any atom is 1.00 e. The van der Waals surface area contributed by atoms with Gasteiger partial charge in [-0.25, -0.2) is 0 Å². The molecule has 3 N–H and O–H groups in total.